The molecule has 0 aromatic heterocycles. The van der Waals surface area contributed by atoms with E-state index in [4.69, 9.17) is 10.00 Å². The van der Waals surface area contributed by atoms with Crippen LogP contribution in [0.1, 0.15) is 33.2 Å². The highest BCUT2D eigenvalue weighted by Crippen LogP contribution is 2.24. The molecule has 0 atom stereocenters. The van der Waals surface area contributed by atoms with Gasteiger partial charge in [-0.1, -0.05) is 0 Å². The van der Waals surface area contributed by atoms with Gasteiger partial charge in [-0.2, -0.15) is 5.26 Å². The van der Waals surface area contributed by atoms with E-state index in [1.54, 1.807) is 0 Å². The molecule has 0 fully saturated rings. The van der Waals surface area contributed by atoms with Crippen molar-refractivity contribution in [2.75, 3.05) is 7.11 Å². The van der Waals surface area contributed by atoms with Gasteiger partial charge in [0, 0.05) is 5.56 Å². The van der Waals surface area contributed by atoms with Gasteiger partial charge in [-0.15, -0.1) is 0 Å². The Morgan fingerprint density at radius 1 is 1.53 bits per heavy atom. The summed E-state index contributed by atoms with van der Waals surface area (Å²) in [6.45, 7) is 1.33. The summed E-state index contributed by atoms with van der Waals surface area (Å²) in [5.74, 6) is 0.00894. The average Bonchev–Trinajstić information content (AvgIpc) is 2.26. The second kappa shape index (κ2) is 4.38. The molecule has 0 aliphatic carbocycles. The molecular weight excluding hydrogens is 194 g/mol. The van der Waals surface area contributed by atoms with Gasteiger partial charge in [-0.3, -0.25) is 9.59 Å². The first-order valence-corrected chi connectivity index (χ1v) is 4.23. The monoisotopic (exact) mass is 203 g/mol. The highest BCUT2D eigenvalue weighted by atomic mass is 16.5. The highest BCUT2D eigenvalue weighted by molar-refractivity contribution is 6.05. The summed E-state index contributed by atoms with van der Waals surface area (Å²) >= 11 is 0. The molecule has 0 radical (unpaired) electrons. The number of Topliss-reactive ketones (excluding diaryl/α,β-unsaturated/α-hetero) is 1. The minimum Gasteiger partial charge on any atom is -0.496 e. The summed E-state index contributed by atoms with van der Waals surface area (Å²) < 4.78 is 4.96. The third-order valence-electron chi connectivity index (χ3n) is 2.02. The minimum absolute atomic E-state index is 0.0874. The third-order valence-corrected chi connectivity index (χ3v) is 2.02. The van der Waals surface area contributed by atoms with E-state index < -0.39 is 0 Å². The van der Waals surface area contributed by atoms with E-state index in [1.807, 2.05) is 6.07 Å². The Kier molecular flexibility index (Phi) is 3.19. The molecule has 0 bridgehead atoms. The van der Waals surface area contributed by atoms with Crippen molar-refractivity contribution in [3.63, 3.8) is 0 Å². The van der Waals surface area contributed by atoms with E-state index >= 15 is 0 Å². The molecule has 0 saturated heterocycles. The van der Waals surface area contributed by atoms with Gasteiger partial charge >= 0.3 is 0 Å². The molecule has 0 saturated carbocycles. The Bertz CT molecular complexity index is 458. The van der Waals surface area contributed by atoms with Crippen molar-refractivity contribution in [1.82, 2.24) is 0 Å². The number of ketones is 1. The molecule has 4 nitrogen and oxygen atoms in total. The van der Waals surface area contributed by atoms with Crippen LogP contribution in [0, 0.1) is 11.3 Å². The zero-order chi connectivity index (χ0) is 11.4. The van der Waals surface area contributed by atoms with Gasteiger partial charge in [-0.05, 0) is 19.1 Å². The van der Waals surface area contributed by atoms with E-state index in [0.717, 1.165) is 0 Å². The number of hydrogen-bond donors (Lipinski definition) is 0. The van der Waals surface area contributed by atoms with Crippen molar-refractivity contribution in [2.45, 2.75) is 6.92 Å². The van der Waals surface area contributed by atoms with Crippen molar-refractivity contribution in [2.24, 2.45) is 0 Å². The van der Waals surface area contributed by atoms with Gasteiger partial charge < -0.3 is 4.74 Å². The molecule has 0 N–H and O–H groups in total. The molecule has 0 aliphatic rings. The molecule has 15 heavy (non-hydrogen) atoms. The zero-order valence-electron chi connectivity index (χ0n) is 8.40. The molecule has 1 aromatic carbocycles. The van der Waals surface area contributed by atoms with Gasteiger partial charge in [0.25, 0.3) is 0 Å². The number of hydrogen-bond acceptors (Lipinski definition) is 4. The number of nitriles is 1. The maximum atomic E-state index is 11.3. The third kappa shape index (κ3) is 1.86. The van der Waals surface area contributed by atoms with Crippen molar-refractivity contribution >= 4 is 12.1 Å². The number of aldehydes is 1. The fourth-order valence-electron chi connectivity index (χ4n) is 1.35. The zero-order valence-corrected chi connectivity index (χ0v) is 8.40. The maximum absolute atomic E-state index is 11.3. The molecule has 0 spiro atoms. The van der Waals surface area contributed by atoms with Crippen LogP contribution < -0.4 is 4.74 Å². The van der Waals surface area contributed by atoms with Crippen molar-refractivity contribution in [1.29, 1.82) is 5.26 Å². The first-order valence-electron chi connectivity index (χ1n) is 4.23. The topological polar surface area (TPSA) is 67.2 Å². The van der Waals surface area contributed by atoms with Gasteiger partial charge in [0.05, 0.1) is 24.3 Å². The molecule has 1 aromatic rings. The van der Waals surface area contributed by atoms with Crippen LogP contribution in [0.3, 0.4) is 0 Å². The van der Waals surface area contributed by atoms with Crippen molar-refractivity contribution < 1.29 is 14.3 Å². The fourth-order valence-corrected chi connectivity index (χ4v) is 1.35. The number of ether oxygens (including phenoxy) is 1. The summed E-state index contributed by atoms with van der Waals surface area (Å²) in [5.41, 5.74) is 0.423. The Balaban J connectivity index is 3.60. The van der Waals surface area contributed by atoms with Crippen LogP contribution in [-0.4, -0.2) is 19.2 Å². The maximum Gasteiger partial charge on any atom is 0.164 e. The van der Waals surface area contributed by atoms with Crippen LogP contribution in [0.2, 0.25) is 0 Å². The van der Waals surface area contributed by atoms with Crippen LogP contribution in [0.4, 0.5) is 0 Å². The predicted molar refractivity (Wildman–Crippen MR) is 53.1 cm³/mol. The predicted octanol–water partition coefficient (Wildman–Crippen LogP) is 1.58. The van der Waals surface area contributed by atoms with Crippen LogP contribution >= 0.6 is 0 Å². The van der Waals surface area contributed by atoms with E-state index in [0.29, 0.717) is 12.0 Å². The fraction of sp³-hybridized carbons (Fsp3) is 0.182. The normalized spacial score (nSPS) is 9.13. The SMILES string of the molecule is COc1ccc(C#N)c(C=O)c1C(C)=O. The van der Waals surface area contributed by atoms with Crippen LogP contribution in [0.25, 0.3) is 0 Å². The Morgan fingerprint density at radius 3 is 2.60 bits per heavy atom. The molecule has 0 unspecified atom stereocenters. The standard InChI is InChI=1S/C11H9NO3/c1-7(14)11-9(6-13)8(5-12)3-4-10(11)15-2/h3-4,6H,1-2H3. The Morgan fingerprint density at radius 2 is 2.20 bits per heavy atom. The number of benzene rings is 1. The second-order valence-electron chi connectivity index (χ2n) is 2.89. The molecule has 0 amide bonds. The van der Waals surface area contributed by atoms with Crippen LogP contribution in [0.15, 0.2) is 12.1 Å². The lowest BCUT2D eigenvalue weighted by Gasteiger charge is -2.08. The van der Waals surface area contributed by atoms with Gasteiger partial charge in [-0.25, -0.2) is 0 Å². The molecule has 76 valence electrons. The van der Waals surface area contributed by atoms with Gasteiger partial charge in [0.1, 0.15) is 5.75 Å². The molecule has 0 aliphatic heterocycles. The van der Waals surface area contributed by atoms with E-state index in [-0.39, 0.29) is 22.5 Å². The summed E-state index contributed by atoms with van der Waals surface area (Å²) in [5, 5.41) is 8.76. The summed E-state index contributed by atoms with van der Waals surface area (Å²) in [6.07, 6.45) is 0.498. The van der Waals surface area contributed by atoms with Gasteiger partial charge in [0.15, 0.2) is 12.1 Å². The Hall–Kier alpha value is -2.15. The lowest BCUT2D eigenvalue weighted by Crippen LogP contribution is -2.04. The first-order chi connectivity index (χ1) is 7.15. The lowest BCUT2D eigenvalue weighted by atomic mass is 9.99. The van der Waals surface area contributed by atoms with Crippen LogP contribution in [0.5, 0.6) is 5.75 Å². The smallest absolute Gasteiger partial charge is 0.164 e. The summed E-state index contributed by atoms with van der Waals surface area (Å²) in [7, 11) is 1.41. The molecule has 4 heteroatoms. The Labute approximate surface area is 87.1 Å². The lowest BCUT2D eigenvalue weighted by molar-refractivity contribution is 0.100. The quantitative estimate of drug-likeness (QED) is 0.552. The number of carbonyl (C=O) groups is 2. The number of nitrogens with zero attached hydrogens (tertiary/aromatic N) is 1. The van der Waals surface area contributed by atoms with Crippen LogP contribution in [-0.2, 0) is 0 Å². The van der Waals surface area contributed by atoms with E-state index in [9.17, 15) is 9.59 Å². The average molecular weight is 203 g/mol. The largest absolute Gasteiger partial charge is 0.496 e. The summed E-state index contributed by atoms with van der Waals surface area (Å²) in [6, 6.07) is 4.81. The molecule has 0 heterocycles. The number of methoxy groups -OCH3 is 1. The second-order valence-corrected chi connectivity index (χ2v) is 2.89. The molecule has 1 rings (SSSR count). The highest BCUT2D eigenvalue weighted by Gasteiger charge is 2.16. The van der Waals surface area contributed by atoms with E-state index in [2.05, 4.69) is 0 Å². The van der Waals surface area contributed by atoms with Crippen molar-refractivity contribution in [3.8, 4) is 11.8 Å². The first kappa shape index (κ1) is 10.9. The van der Waals surface area contributed by atoms with Gasteiger partial charge in [0.2, 0.25) is 0 Å². The number of carbonyl (C=O) groups excluding carboxylic acids is 2. The minimum atomic E-state index is -0.300. The summed E-state index contributed by atoms with van der Waals surface area (Å²) in [4.78, 5) is 22.1. The number of rotatable bonds is 3. The van der Waals surface area contributed by atoms with E-state index in [1.165, 1.54) is 26.2 Å². The van der Waals surface area contributed by atoms with Crippen molar-refractivity contribution in [3.05, 3.63) is 28.8 Å². The molecular formula is C11H9NO3.